The fourth-order valence-electron chi connectivity index (χ4n) is 2.21. The smallest absolute Gasteiger partial charge is 0.323 e. The molecule has 1 aliphatic heterocycles. The van der Waals surface area contributed by atoms with Gasteiger partial charge in [0.25, 0.3) is 10.0 Å². The van der Waals surface area contributed by atoms with Gasteiger partial charge in [0, 0.05) is 13.1 Å². The van der Waals surface area contributed by atoms with E-state index in [-0.39, 0.29) is 16.4 Å². The van der Waals surface area contributed by atoms with Gasteiger partial charge in [0.2, 0.25) is 0 Å². The fraction of sp³-hybridized carbons (Fsp3) is 0.462. The fourth-order valence-corrected chi connectivity index (χ4v) is 4.97. The summed E-state index contributed by atoms with van der Waals surface area (Å²) in [6, 6.07) is 4.75. The molecule has 1 saturated heterocycles. The summed E-state index contributed by atoms with van der Waals surface area (Å²) in [5.41, 5.74) is 0.901. The topological polar surface area (TPSA) is 101 Å². The van der Waals surface area contributed by atoms with Gasteiger partial charge in [-0.15, -0.1) is 0 Å². The van der Waals surface area contributed by atoms with Crippen LogP contribution in [0.4, 0.5) is 4.79 Å². The van der Waals surface area contributed by atoms with Gasteiger partial charge < -0.3 is 4.90 Å². The maximum absolute atomic E-state index is 12.1. The Bertz CT molecular complexity index is 769. The molecule has 0 aliphatic carbocycles. The summed E-state index contributed by atoms with van der Waals surface area (Å²) < 4.78 is 49.1. The molecular weight excluding hydrogens is 328 g/mol. The molecule has 1 aromatic rings. The third-order valence-corrected chi connectivity index (χ3v) is 6.72. The second kappa shape index (κ2) is 5.88. The van der Waals surface area contributed by atoms with Crippen LogP contribution in [0, 0.1) is 6.92 Å². The highest BCUT2D eigenvalue weighted by atomic mass is 32.2. The highest BCUT2D eigenvalue weighted by Gasteiger charge is 2.33. The van der Waals surface area contributed by atoms with E-state index >= 15 is 0 Å². The SMILES string of the molecule is Cc1ccc(S(=O)(=O)NC(=O)N(C)C2CCS(=O)(=O)C2)cc1. The number of nitrogens with one attached hydrogen (secondary N) is 1. The maximum atomic E-state index is 12.1. The molecule has 1 aromatic carbocycles. The second-order valence-electron chi connectivity index (χ2n) is 5.39. The van der Waals surface area contributed by atoms with Gasteiger partial charge in [-0.1, -0.05) is 17.7 Å². The molecule has 22 heavy (non-hydrogen) atoms. The van der Waals surface area contributed by atoms with Crippen LogP contribution in [-0.4, -0.2) is 52.4 Å². The van der Waals surface area contributed by atoms with Crippen LogP contribution in [0.15, 0.2) is 29.2 Å². The third kappa shape index (κ3) is 3.77. The van der Waals surface area contributed by atoms with E-state index in [0.29, 0.717) is 6.42 Å². The first-order valence-corrected chi connectivity index (χ1v) is 9.98. The number of benzene rings is 1. The molecule has 1 fully saturated rings. The number of rotatable bonds is 3. The number of hydrogen-bond acceptors (Lipinski definition) is 5. The summed E-state index contributed by atoms with van der Waals surface area (Å²) in [5, 5.41) is 0. The summed E-state index contributed by atoms with van der Waals surface area (Å²) in [7, 11) is -5.72. The monoisotopic (exact) mass is 346 g/mol. The van der Waals surface area contributed by atoms with Crippen molar-refractivity contribution < 1.29 is 21.6 Å². The minimum absolute atomic E-state index is 0.0139. The highest BCUT2D eigenvalue weighted by molar-refractivity contribution is 7.91. The highest BCUT2D eigenvalue weighted by Crippen LogP contribution is 2.17. The number of sulfone groups is 1. The molecule has 2 amide bonds. The average molecular weight is 346 g/mol. The first kappa shape index (κ1) is 16.8. The van der Waals surface area contributed by atoms with E-state index in [0.717, 1.165) is 10.5 Å². The molecule has 2 rings (SSSR count). The van der Waals surface area contributed by atoms with Crippen LogP contribution in [-0.2, 0) is 19.9 Å². The number of hydrogen-bond donors (Lipinski definition) is 1. The van der Waals surface area contributed by atoms with Gasteiger partial charge in [-0.3, -0.25) is 0 Å². The van der Waals surface area contributed by atoms with Crippen molar-refractivity contribution in [1.82, 2.24) is 9.62 Å². The van der Waals surface area contributed by atoms with E-state index in [1.165, 1.54) is 19.2 Å². The molecule has 0 saturated carbocycles. The normalized spacial score (nSPS) is 20.5. The Morgan fingerprint density at radius 1 is 1.27 bits per heavy atom. The number of sulfonamides is 1. The minimum atomic E-state index is -3.97. The van der Waals surface area contributed by atoms with Crippen molar-refractivity contribution in [3.8, 4) is 0 Å². The molecule has 0 spiro atoms. The summed E-state index contributed by atoms with van der Waals surface area (Å²) in [6.45, 7) is 1.82. The number of amides is 2. The summed E-state index contributed by atoms with van der Waals surface area (Å²) in [4.78, 5) is 13.2. The average Bonchev–Trinajstić information content (AvgIpc) is 2.78. The van der Waals surface area contributed by atoms with E-state index in [1.807, 2.05) is 11.6 Å². The zero-order chi connectivity index (χ0) is 16.5. The van der Waals surface area contributed by atoms with Gasteiger partial charge in [-0.25, -0.2) is 26.4 Å². The van der Waals surface area contributed by atoms with Crippen LogP contribution < -0.4 is 4.72 Å². The molecule has 0 aromatic heterocycles. The number of carbonyl (C=O) groups excluding carboxylic acids is 1. The minimum Gasteiger partial charge on any atom is -0.323 e. The number of aryl methyl sites for hydroxylation is 1. The standard InChI is InChI=1S/C13H18N2O5S2/c1-10-3-5-12(6-4-10)22(19,20)14-13(16)15(2)11-7-8-21(17,18)9-11/h3-6,11H,7-9H2,1-2H3,(H,14,16). The van der Waals surface area contributed by atoms with Crippen molar-refractivity contribution in [2.24, 2.45) is 0 Å². The molecule has 1 heterocycles. The second-order valence-corrected chi connectivity index (χ2v) is 9.30. The van der Waals surface area contributed by atoms with E-state index in [4.69, 9.17) is 0 Å². The Labute approximate surface area is 130 Å². The molecule has 7 nitrogen and oxygen atoms in total. The Morgan fingerprint density at radius 2 is 1.86 bits per heavy atom. The van der Waals surface area contributed by atoms with Crippen molar-refractivity contribution in [3.63, 3.8) is 0 Å². The molecule has 1 aliphatic rings. The largest absolute Gasteiger partial charge is 0.331 e. The lowest BCUT2D eigenvalue weighted by Crippen LogP contribution is -2.46. The van der Waals surface area contributed by atoms with Gasteiger partial charge in [-0.05, 0) is 25.5 Å². The zero-order valence-electron chi connectivity index (χ0n) is 12.3. The van der Waals surface area contributed by atoms with Crippen LogP contribution in [0.2, 0.25) is 0 Å². The molecule has 9 heteroatoms. The van der Waals surface area contributed by atoms with E-state index in [9.17, 15) is 21.6 Å². The Morgan fingerprint density at radius 3 is 2.36 bits per heavy atom. The molecule has 122 valence electrons. The molecule has 1 N–H and O–H groups in total. The molecule has 0 radical (unpaired) electrons. The number of nitrogens with zero attached hydrogens (tertiary/aromatic N) is 1. The lowest BCUT2D eigenvalue weighted by Gasteiger charge is -2.23. The Kier molecular flexibility index (Phi) is 4.48. The van der Waals surface area contributed by atoms with Gasteiger partial charge in [0.05, 0.1) is 16.4 Å². The molecule has 0 bridgehead atoms. The predicted molar refractivity (Wildman–Crippen MR) is 81.7 cm³/mol. The van der Waals surface area contributed by atoms with Gasteiger partial charge in [-0.2, -0.15) is 0 Å². The van der Waals surface area contributed by atoms with Crippen molar-refractivity contribution in [3.05, 3.63) is 29.8 Å². The van der Waals surface area contributed by atoms with Crippen molar-refractivity contribution in [2.75, 3.05) is 18.6 Å². The van der Waals surface area contributed by atoms with E-state index in [1.54, 1.807) is 12.1 Å². The molecular formula is C13H18N2O5S2. The molecule has 1 unspecified atom stereocenters. The van der Waals surface area contributed by atoms with Gasteiger partial charge in [0.1, 0.15) is 0 Å². The van der Waals surface area contributed by atoms with Crippen LogP contribution in [0.1, 0.15) is 12.0 Å². The number of urea groups is 1. The summed E-state index contributed by atoms with van der Waals surface area (Å²) in [5.74, 6) is -0.124. The predicted octanol–water partition coefficient (Wildman–Crippen LogP) is 0.512. The Hall–Kier alpha value is -1.61. The molecule has 1 atom stereocenters. The quantitative estimate of drug-likeness (QED) is 0.859. The first-order chi connectivity index (χ1) is 10.1. The van der Waals surface area contributed by atoms with Crippen LogP contribution >= 0.6 is 0 Å². The van der Waals surface area contributed by atoms with E-state index in [2.05, 4.69) is 0 Å². The van der Waals surface area contributed by atoms with Crippen LogP contribution in [0.25, 0.3) is 0 Å². The lowest BCUT2D eigenvalue weighted by molar-refractivity contribution is 0.201. The first-order valence-electron chi connectivity index (χ1n) is 6.67. The van der Waals surface area contributed by atoms with Crippen LogP contribution in [0.5, 0.6) is 0 Å². The summed E-state index contributed by atoms with van der Waals surface area (Å²) >= 11 is 0. The third-order valence-electron chi connectivity index (χ3n) is 3.63. The van der Waals surface area contributed by atoms with Gasteiger partial charge in [0.15, 0.2) is 9.84 Å². The maximum Gasteiger partial charge on any atom is 0.331 e. The van der Waals surface area contributed by atoms with E-state index < -0.39 is 31.9 Å². The van der Waals surface area contributed by atoms with Crippen molar-refractivity contribution >= 4 is 25.9 Å². The number of carbonyl (C=O) groups is 1. The lowest BCUT2D eigenvalue weighted by atomic mass is 10.2. The Balaban J connectivity index is 2.09. The van der Waals surface area contributed by atoms with Gasteiger partial charge >= 0.3 is 6.03 Å². The zero-order valence-corrected chi connectivity index (χ0v) is 13.9. The summed E-state index contributed by atoms with van der Waals surface area (Å²) in [6.07, 6.45) is 0.316. The van der Waals surface area contributed by atoms with Crippen molar-refractivity contribution in [2.45, 2.75) is 24.3 Å². The van der Waals surface area contributed by atoms with Crippen molar-refractivity contribution in [1.29, 1.82) is 0 Å². The van der Waals surface area contributed by atoms with Crippen LogP contribution in [0.3, 0.4) is 0 Å².